The van der Waals surface area contributed by atoms with Crippen LogP contribution in [0.2, 0.25) is 0 Å². The van der Waals surface area contributed by atoms with Crippen molar-refractivity contribution in [3.8, 4) is 16.9 Å². The SMILES string of the molecule is C=CCOc1ccc(-c2ccc(C=CCCCC(C)OCCCCC)nc2)c(F)c1F. The summed E-state index contributed by atoms with van der Waals surface area (Å²) in [6.45, 7) is 8.76. The van der Waals surface area contributed by atoms with E-state index in [4.69, 9.17) is 9.47 Å². The average Bonchev–Trinajstić information content (AvgIpc) is 2.78. The first kappa shape index (κ1) is 24.7. The lowest BCUT2D eigenvalue weighted by Gasteiger charge is -2.12. The maximum atomic E-state index is 14.4. The number of pyridine rings is 1. The second-order valence-corrected chi connectivity index (χ2v) is 7.53. The van der Waals surface area contributed by atoms with Gasteiger partial charge in [0.2, 0.25) is 5.82 Å². The van der Waals surface area contributed by atoms with Crippen molar-refractivity contribution < 1.29 is 18.3 Å². The van der Waals surface area contributed by atoms with Gasteiger partial charge in [-0.15, -0.1) is 0 Å². The fraction of sp³-hybridized carbons (Fsp3) is 0.423. The number of hydrogen-bond donors (Lipinski definition) is 0. The van der Waals surface area contributed by atoms with Gasteiger partial charge in [-0.1, -0.05) is 44.6 Å². The Morgan fingerprint density at radius 3 is 2.65 bits per heavy atom. The number of hydrogen-bond acceptors (Lipinski definition) is 3. The van der Waals surface area contributed by atoms with E-state index in [2.05, 4.69) is 31.5 Å². The Labute approximate surface area is 184 Å². The summed E-state index contributed by atoms with van der Waals surface area (Å²) in [4.78, 5) is 4.34. The number of allylic oxidation sites excluding steroid dienone is 1. The Hall–Kier alpha value is -2.53. The van der Waals surface area contributed by atoms with E-state index >= 15 is 0 Å². The van der Waals surface area contributed by atoms with Crippen LogP contribution in [0.3, 0.4) is 0 Å². The molecule has 0 aliphatic carbocycles. The second kappa shape index (κ2) is 13.7. The molecular formula is C26H33F2NO2. The summed E-state index contributed by atoms with van der Waals surface area (Å²) in [5.41, 5.74) is 1.44. The van der Waals surface area contributed by atoms with Gasteiger partial charge in [-0.3, -0.25) is 4.98 Å². The van der Waals surface area contributed by atoms with Crippen LogP contribution in [0.4, 0.5) is 8.78 Å². The van der Waals surface area contributed by atoms with Crippen LogP contribution in [0.15, 0.2) is 49.2 Å². The Balaban J connectivity index is 1.84. The molecule has 1 unspecified atom stereocenters. The number of unbranched alkanes of at least 4 members (excludes halogenated alkanes) is 3. The minimum atomic E-state index is -1.01. The molecule has 0 saturated heterocycles. The van der Waals surface area contributed by atoms with Crippen molar-refractivity contribution in [2.75, 3.05) is 13.2 Å². The summed E-state index contributed by atoms with van der Waals surface area (Å²) < 4.78 is 39.5. The van der Waals surface area contributed by atoms with Crippen molar-refractivity contribution >= 4 is 6.08 Å². The van der Waals surface area contributed by atoms with Crippen molar-refractivity contribution in [1.29, 1.82) is 0 Å². The molecule has 0 radical (unpaired) electrons. The molecule has 0 fully saturated rings. The molecule has 5 heteroatoms. The monoisotopic (exact) mass is 429 g/mol. The highest BCUT2D eigenvalue weighted by molar-refractivity contribution is 5.65. The van der Waals surface area contributed by atoms with E-state index in [0.717, 1.165) is 38.0 Å². The highest BCUT2D eigenvalue weighted by Gasteiger charge is 2.15. The van der Waals surface area contributed by atoms with E-state index in [1.54, 1.807) is 18.3 Å². The standard InChI is InChI=1S/C26H33F2NO2/c1-4-6-10-18-30-20(3)11-8-7-9-12-22-14-13-21(19-29-22)23-15-16-24(31-17-5-2)26(28)25(23)27/h5,9,12-16,19-20H,2,4,6-8,10-11,17-18H2,1,3H3. The molecule has 0 aliphatic heterocycles. The van der Waals surface area contributed by atoms with E-state index in [1.165, 1.54) is 31.1 Å². The summed E-state index contributed by atoms with van der Waals surface area (Å²) >= 11 is 0. The molecule has 168 valence electrons. The summed E-state index contributed by atoms with van der Waals surface area (Å²) in [5.74, 6) is -2.08. The molecule has 0 N–H and O–H groups in total. The minimum Gasteiger partial charge on any atom is -0.486 e. The Morgan fingerprint density at radius 2 is 1.94 bits per heavy atom. The highest BCUT2D eigenvalue weighted by Crippen LogP contribution is 2.29. The molecule has 1 atom stereocenters. The third-order valence-electron chi connectivity index (χ3n) is 4.92. The van der Waals surface area contributed by atoms with E-state index in [9.17, 15) is 8.78 Å². The molecule has 1 aromatic carbocycles. The lowest BCUT2D eigenvalue weighted by Crippen LogP contribution is -2.08. The quantitative estimate of drug-likeness (QED) is 0.232. The fourth-order valence-electron chi connectivity index (χ4n) is 3.13. The van der Waals surface area contributed by atoms with Gasteiger partial charge < -0.3 is 9.47 Å². The highest BCUT2D eigenvalue weighted by atomic mass is 19.2. The smallest absolute Gasteiger partial charge is 0.201 e. The van der Waals surface area contributed by atoms with Gasteiger partial charge in [-0.2, -0.15) is 4.39 Å². The van der Waals surface area contributed by atoms with Crippen molar-refractivity contribution in [2.45, 2.75) is 58.5 Å². The molecule has 0 aliphatic rings. The molecule has 2 aromatic rings. The molecule has 2 rings (SSSR count). The van der Waals surface area contributed by atoms with Crippen LogP contribution < -0.4 is 4.74 Å². The zero-order valence-electron chi connectivity index (χ0n) is 18.6. The lowest BCUT2D eigenvalue weighted by molar-refractivity contribution is 0.0566. The first-order chi connectivity index (χ1) is 15.1. The van der Waals surface area contributed by atoms with Gasteiger partial charge in [0.05, 0.1) is 11.8 Å². The van der Waals surface area contributed by atoms with Crippen LogP contribution in [0.1, 0.15) is 58.1 Å². The van der Waals surface area contributed by atoms with Crippen LogP contribution in [0.5, 0.6) is 5.75 Å². The van der Waals surface area contributed by atoms with E-state index < -0.39 is 11.6 Å². The zero-order chi connectivity index (χ0) is 22.5. The van der Waals surface area contributed by atoms with Gasteiger partial charge in [0.25, 0.3) is 0 Å². The maximum Gasteiger partial charge on any atom is 0.201 e. The van der Waals surface area contributed by atoms with Crippen molar-refractivity contribution in [1.82, 2.24) is 4.98 Å². The second-order valence-electron chi connectivity index (χ2n) is 7.53. The predicted octanol–water partition coefficient (Wildman–Crippen LogP) is 7.37. The fourth-order valence-corrected chi connectivity index (χ4v) is 3.13. The topological polar surface area (TPSA) is 31.4 Å². The summed E-state index contributed by atoms with van der Waals surface area (Å²) in [5, 5.41) is 0. The van der Waals surface area contributed by atoms with Crippen LogP contribution in [0.25, 0.3) is 17.2 Å². The summed E-state index contributed by atoms with van der Waals surface area (Å²) in [6.07, 6.45) is 13.9. The van der Waals surface area contributed by atoms with Crippen LogP contribution in [0, 0.1) is 11.6 Å². The molecule has 0 spiro atoms. The first-order valence-electron chi connectivity index (χ1n) is 11.0. The molecule has 0 saturated carbocycles. The molecule has 0 amide bonds. The summed E-state index contributed by atoms with van der Waals surface area (Å²) in [7, 11) is 0. The Morgan fingerprint density at radius 1 is 1.10 bits per heavy atom. The van der Waals surface area contributed by atoms with Crippen molar-refractivity contribution in [3.63, 3.8) is 0 Å². The largest absolute Gasteiger partial charge is 0.486 e. The number of rotatable bonds is 14. The third kappa shape index (κ3) is 8.25. The van der Waals surface area contributed by atoms with Gasteiger partial charge >= 0.3 is 0 Å². The van der Waals surface area contributed by atoms with Crippen LogP contribution >= 0.6 is 0 Å². The maximum absolute atomic E-state index is 14.4. The number of halogens is 2. The van der Waals surface area contributed by atoms with Crippen LogP contribution in [-0.4, -0.2) is 24.3 Å². The molecular weight excluding hydrogens is 396 g/mol. The molecule has 31 heavy (non-hydrogen) atoms. The number of aromatic nitrogens is 1. The molecule has 3 nitrogen and oxygen atoms in total. The van der Waals surface area contributed by atoms with E-state index in [0.29, 0.717) is 5.56 Å². The van der Waals surface area contributed by atoms with Gasteiger partial charge in [0.15, 0.2) is 11.6 Å². The average molecular weight is 430 g/mol. The molecule has 0 bridgehead atoms. The normalized spacial score (nSPS) is 12.3. The van der Waals surface area contributed by atoms with Gasteiger partial charge in [0, 0.05) is 23.9 Å². The number of nitrogens with zero attached hydrogens (tertiary/aromatic N) is 1. The predicted molar refractivity (Wildman–Crippen MR) is 123 cm³/mol. The third-order valence-corrected chi connectivity index (χ3v) is 4.92. The summed E-state index contributed by atoms with van der Waals surface area (Å²) in [6, 6.07) is 6.44. The van der Waals surface area contributed by atoms with Gasteiger partial charge in [-0.25, -0.2) is 4.39 Å². The van der Waals surface area contributed by atoms with E-state index in [-0.39, 0.29) is 24.0 Å². The molecule has 1 heterocycles. The lowest BCUT2D eigenvalue weighted by atomic mass is 10.1. The Kier molecular flexibility index (Phi) is 10.9. The van der Waals surface area contributed by atoms with Crippen LogP contribution in [-0.2, 0) is 4.74 Å². The Bertz CT molecular complexity index is 834. The van der Waals surface area contributed by atoms with Crippen molar-refractivity contribution in [2.24, 2.45) is 0 Å². The van der Waals surface area contributed by atoms with Gasteiger partial charge in [0.1, 0.15) is 6.61 Å². The van der Waals surface area contributed by atoms with E-state index in [1.807, 2.05) is 6.08 Å². The minimum absolute atomic E-state index is 0.114. The van der Waals surface area contributed by atoms with Crippen molar-refractivity contribution in [3.05, 3.63) is 66.5 Å². The first-order valence-corrected chi connectivity index (χ1v) is 11.0. The zero-order valence-corrected chi connectivity index (χ0v) is 18.6. The van der Waals surface area contributed by atoms with Gasteiger partial charge in [-0.05, 0) is 56.9 Å². The molecule has 1 aromatic heterocycles. The number of ether oxygens (including phenoxy) is 2. The number of benzene rings is 1.